The van der Waals surface area contributed by atoms with Gasteiger partial charge in [-0.2, -0.15) is 0 Å². The Morgan fingerprint density at radius 2 is 1.79 bits per heavy atom. The average Bonchev–Trinajstić information content (AvgIpc) is 2.66. The fourth-order valence-electron chi connectivity index (χ4n) is 2.74. The van der Waals surface area contributed by atoms with Crippen molar-refractivity contribution in [3.8, 4) is 0 Å². The lowest BCUT2D eigenvalue weighted by Gasteiger charge is -2.11. The van der Waals surface area contributed by atoms with Gasteiger partial charge in [-0.25, -0.2) is 12.8 Å². The zero-order valence-electron chi connectivity index (χ0n) is 16.2. The SMILES string of the molecule is CCNC(=NCCCS(=O)(=O)Cc1ccccc1)NCCc1cccc(F)c1. The van der Waals surface area contributed by atoms with Crippen LogP contribution in [0, 0.1) is 5.82 Å². The van der Waals surface area contributed by atoms with Crippen LogP contribution in [0.4, 0.5) is 4.39 Å². The summed E-state index contributed by atoms with van der Waals surface area (Å²) in [5, 5.41) is 6.33. The van der Waals surface area contributed by atoms with Gasteiger partial charge in [0.2, 0.25) is 0 Å². The first-order chi connectivity index (χ1) is 13.5. The maximum absolute atomic E-state index is 13.2. The Bertz CT molecular complexity index is 855. The van der Waals surface area contributed by atoms with Crippen molar-refractivity contribution < 1.29 is 12.8 Å². The maximum Gasteiger partial charge on any atom is 0.191 e. The standard InChI is InChI=1S/C21H28FN3O2S/c1-2-23-21(25-14-12-18-10-6-11-20(22)16-18)24-13-7-15-28(26,27)17-19-8-4-3-5-9-19/h3-6,8-11,16H,2,7,12-15,17H2,1H3,(H2,23,24,25). The highest BCUT2D eigenvalue weighted by Gasteiger charge is 2.11. The largest absolute Gasteiger partial charge is 0.357 e. The number of rotatable bonds is 10. The Kier molecular flexibility index (Phi) is 8.94. The van der Waals surface area contributed by atoms with Gasteiger partial charge in [-0.3, -0.25) is 4.99 Å². The second-order valence-corrected chi connectivity index (χ2v) is 8.68. The monoisotopic (exact) mass is 405 g/mol. The highest BCUT2D eigenvalue weighted by Crippen LogP contribution is 2.07. The number of aliphatic imine (C=N–C) groups is 1. The molecule has 5 nitrogen and oxygen atoms in total. The van der Waals surface area contributed by atoms with Gasteiger partial charge >= 0.3 is 0 Å². The third kappa shape index (κ3) is 8.52. The molecule has 2 aromatic carbocycles. The van der Waals surface area contributed by atoms with Crippen LogP contribution in [0.5, 0.6) is 0 Å². The van der Waals surface area contributed by atoms with Gasteiger partial charge in [0, 0.05) is 19.6 Å². The smallest absolute Gasteiger partial charge is 0.191 e. The van der Waals surface area contributed by atoms with E-state index in [9.17, 15) is 12.8 Å². The quantitative estimate of drug-likeness (QED) is 0.362. The molecule has 0 bridgehead atoms. The lowest BCUT2D eigenvalue weighted by molar-refractivity contribution is 0.592. The molecule has 0 unspecified atom stereocenters. The molecule has 0 saturated carbocycles. The van der Waals surface area contributed by atoms with E-state index in [1.165, 1.54) is 12.1 Å². The first kappa shape index (κ1) is 21.9. The van der Waals surface area contributed by atoms with E-state index in [0.717, 1.165) is 11.1 Å². The molecule has 0 aromatic heterocycles. The predicted octanol–water partition coefficient (Wildman–Crippen LogP) is 2.93. The van der Waals surface area contributed by atoms with Crippen LogP contribution in [0.25, 0.3) is 0 Å². The number of sulfone groups is 1. The molecule has 0 atom stereocenters. The first-order valence-electron chi connectivity index (χ1n) is 9.49. The highest BCUT2D eigenvalue weighted by molar-refractivity contribution is 7.90. The minimum absolute atomic E-state index is 0.0590. The molecule has 0 fully saturated rings. The molecular formula is C21H28FN3O2S. The number of halogens is 1. The van der Waals surface area contributed by atoms with Crippen molar-refractivity contribution in [2.75, 3.05) is 25.4 Å². The summed E-state index contributed by atoms with van der Waals surface area (Å²) in [5.74, 6) is 0.562. The van der Waals surface area contributed by atoms with E-state index in [0.29, 0.717) is 38.4 Å². The Labute approximate surface area is 167 Å². The molecule has 0 aliphatic rings. The average molecular weight is 406 g/mol. The van der Waals surface area contributed by atoms with Gasteiger partial charge in [0.25, 0.3) is 0 Å². The van der Waals surface area contributed by atoms with Crippen LogP contribution in [0.1, 0.15) is 24.5 Å². The van der Waals surface area contributed by atoms with Gasteiger partial charge in [-0.15, -0.1) is 0 Å². The van der Waals surface area contributed by atoms with Crippen molar-refractivity contribution in [3.05, 3.63) is 71.5 Å². The molecule has 2 rings (SSSR count). The molecule has 28 heavy (non-hydrogen) atoms. The molecule has 0 radical (unpaired) electrons. The first-order valence-corrected chi connectivity index (χ1v) is 11.3. The van der Waals surface area contributed by atoms with E-state index in [-0.39, 0.29) is 17.3 Å². The molecule has 2 N–H and O–H groups in total. The number of hydrogen-bond donors (Lipinski definition) is 2. The topological polar surface area (TPSA) is 70.6 Å². The summed E-state index contributed by atoms with van der Waals surface area (Å²) in [5.41, 5.74) is 1.72. The zero-order chi connectivity index (χ0) is 20.2. The fraction of sp³-hybridized carbons (Fsp3) is 0.381. The summed E-state index contributed by atoms with van der Waals surface area (Å²) in [6.07, 6.45) is 1.14. The van der Waals surface area contributed by atoms with Crippen molar-refractivity contribution in [1.82, 2.24) is 10.6 Å². The molecule has 0 amide bonds. The van der Waals surface area contributed by atoms with Crippen molar-refractivity contribution in [3.63, 3.8) is 0 Å². The van der Waals surface area contributed by atoms with E-state index in [1.54, 1.807) is 6.07 Å². The van der Waals surface area contributed by atoms with Crippen molar-refractivity contribution >= 4 is 15.8 Å². The summed E-state index contributed by atoms with van der Waals surface area (Å²) in [6.45, 7) is 3.71. The lowest BCUT2D eigenvalue weighted by Crippen LogP contribution is -2.38. The lowest BCUT2D eigenvalue weighted by atomic mass is 10.1. The number of guanidine groups is 1. The molecule has 0 saturated heterocycles. The van der Waals surface area contributed by atoms with Crippen LogP contribution in [0.2, 0.25) is 0 Å². The molecule has 7 heteroatoms. The zero-order valence-corrected chi connectivity index (χ0v) is 17.0. The van der Waals surface area contributed by atoms with Crippen molar-refractivity contribution in [2.45, 2.75) is 25.5 Å². The summed E-state index contributed by atoms with van der Waals surface area (Å²) in [7, 11) is -3.15. The summed E-state index contributed by atoms with van der Waals surface area (Å²) >= 11 is 0. The van der Waals surface area contributed by atoms with Crippen LogP contribution in [-0.4, -0.2) is 39.8 Å². The Balaban J connectivity index is 1.76. The van der Waals surface area contributed by atoms with E-state index in [4.69, 9.17) is 0 Å². The molecule has 0 aliphatic carbocycles. The van der Waals surface area contributed by atoms with Gasteiger partial charge in [0.05, 0.1) is 11.5 Å². The Hall–Kier alpha value is -2.41. The number of benzene rings is 2. The number of hydrogen-bond acceptors (Lipinski definition) is 3. The third-order valence-corrected chi connectivity index (χ3v) is 5.74. The Morgan fingerprint density at radius 1 is 1.04 bits per heavy atom. The molecule has 0 aliphatic heterocycles. The third-order valence-electron chi connectivity index (χ3n) is 4.05. The van der Waals surface area contributed by atoms with Crippen LogP contribution in [0.3, 0.4) is 0 Å². The molecule has 152 valence electrons. The second-order valence-electron chi connectivity index (χ2n) is 6.50. The summed E-state index contributed by atoms with van der Waals surface area (Å²) in [6, 6.07) is 15.7. The van der Waals surface area contributed by atoms with Crippen LogP contribution in [-0.2, 0) is 22.0 Å². The van der Waals surface area contributed by atoms with E-state index in [1.807, 2.05) is 43.3 Å². The molecule has 2 aromatic rings. The van der Waals surface area contributed by atoms with Crippen molar-refractivity contribution in [2.24, 2.45) is 4.99 Å². The van der Waals surface area contributed by atoms with E-state index < -0.39 is 9.84 Å². The van der Waals surface area contributed by atoms with Crippen LogP contribution < -0.4 is 10.6 Å². The summed E-state index contributed by atoms with van der Waals surface area (Å²) < 4.78 is 37.6. The molecule has 0 heterocycles. The normalized spacial score (nSPS) is 12.0. The number of nitrogens with zero attached hydrogens (tertiary/aromatic N) is 1. The maximum atomic E-state index is 13.2. The van der Waals surface area contributed by atoms with Crippen LogP contribution in [0.15, 0.2) is 59.6 Å². The van der Waals surface area contributed by atoms with Gasteiger partial charge in [-0.05, 0) is 43.0 Å². The molecular weight excluding hydrogens is 377 g/mol. The van der Waals surface area contributed by atoms with Crippen LogP contribution >= 0.6 is 0 Å². The highest BCUT2D eigenvalue weighted by atomic mass is 32.2. The molecule has 0 spiro atoms. The minimum Gasteiger partial charge on any atom is -0.357 e. The van der Waals surface area contributed by atoms with Gasteiger partial charge in [-0.1, -0.05) is 42.5 Å². The number of nitrogens with one attached hydrogen (secondary N) is 2. The van der Waals surface area contributed by atoms with E-state index in [2.05, 4.69) is 15.6 Å². The van der Waals surface area contributed by atoms with E-state index >= 15 is 0 Å². The fourth-order valence-corrected chi connectivity index (χ4v) is 4.15. The van der Waals surface area contributed by atoms with Gasteiger partial charge in [0.15, 0.2) is 15.8 Å². The predicted molar refractivity (Wildman–Crippen MR) is 113 cm³/mol. The minimum atomic E-state index is -3.15. The van der Waals surface area contributed by atoms with Gasteiger partial charge < -0.3 is 10.6 Å². The van der Waals surface area contributed by atoms with Gasteiger partial charge in [0.1, 0.15) is 5.82 Å². The Morgan fingerprint density at radius 3 is 2.50 bits per heavy atom. The van der Waals surface area contributed by atoms with Crippen molar-refractivity contribution in [1.29, 1.82) is 0 Å². The summed E-state index contributed by atoms with van der Waals surface area (Å²) in [4.78, 5) is 4.43. The second kappa shape index (κ2) is 11.4.